The Labute approximate surface area is 215 Å². The Bertz CT molecular complexity index is 1240. The van der Waals surface area contributed by atoms with Crippen LogP contribution in [0.1, 0.15) is 34.1 Å². The Kier molecular flexibility index (Phi) is 8.28. The lowest BCUT2D eigenvalue weighted by Gasteiger charge is -2.25. The Balaban J connectivity index is 1.39. The van der Waals surface area contributed by atoms with Crippen LogP contribution in [0.4, 0.5) is 5.69 Å². The quantitative estimate of drug-likeness (QED) is 0.313. The van der Waals surface area contributed by atoms with E-state index in [1.54, 1.807) is 24.3 Å². The van der Waals surface area contributed by atoms with Crippen LogP contribution in [-0.4, -0.2) is 45.2 Å². The number of methoxy groups -OCH3 is 2. The second-order valence-electron chi connectivity index (χ2n) is 8.58. The molecular formula is C28H31N3O4S. The fourth-order valence-electron chi connectivity index (χ4n) is 4.36. The molecule has 1 aliphatic rings. The molecule has 0 fully saturated rings. The number of hydrogen-bond donors (Lipinski definition) is 2. The van der Waals surface area contributed by atoms with E-state index < -0.39 is 5.91 Å². The largest absolute Gasteiger partial charge is 0.493 e. The molecule has 36 heavy (non-hydrogen) atoms. The predicted molar refractivity (Wildman–Crippen MR) is 144 cm³/mol. The van der Waals surface area contributed by atoms with Gasteiger partial charge in [0.25, 0.3) is 11.8 Å². The van der Waals surface area contributed by atoms with E-state index in [-0.39, 0.29) is 11.6 Å². The first-order valence-electron chi connectivity index (χ1n) is 11.9. The number of carbonyl (C=O) groups excluding carboxylic acids is 2. The summed E-state index contributed by atoms with van der Waals surface area (Å²) in [5, 5.41) is 7.66. The SMILES string of the molecule is COc1ccc(C(=O)N/C(=C\c2cccs2)C(=O)NCCCN2c3ccccc3C[C@H]2C)cc1OC. The van der Waals surface area contributed by atoms with Gasteiger partial charge < -0.3 is 25.0 Å². The van der Waals surface area contributed by atoms with Crippen LogP contribution in [0.5, 0.6) is 11.5 Å². The van der Waals surface area contributed by atoms with Crippen molar-refractivity contribution in [3.63, 3.8) is 0 Å². The lowest BCUT2D eigenvalue weighted by molar-refractivity contribution is -0.117. The monoisotopic (exact) mass is 505 g/mol. The summed E-state index contributed by atoms with van der Waals surface area (Å²) < 4.78 is 10.5. The molecule has 1 aromatic heterocycles. The molecule has 2 amide bonds. The second-order valence-corrected chi connectivity index (χ2v) is 9.56. The molecule has 0 aliphatic carbocycles. The minimum absolute atomic E-state index is 0.192. The molecule has 2 aromatic carbocycles. The standard InChI is InChI=1S/C28H31N3O4S/c1-19-16-20-8-4-5-10-24(20)31(19)14-7-13-29-28(33)23(18-22-9-6-15-36-22)30-27(32)21-11-12-25(34-2)26(17-21)35-3/h4-6,8-12,15,17-19H,7,13-14,16H2,1-3H3,(H,29,33)(H,30,32)/b23-18-/t19-/m1/s1. The van der Waals surface area contributed by atoms with Gasteiger partial charge in [0, 0.05) is 35.3 Å². The summed E-state index contributed by atoms with van der Waals surface area (Å²) in [7, 11) is 3.05. The number of ether oxygens (including phenoxy) is 2. The number of hydrogen-bond acceptors (Lipinski definition) is 6. The van der Waals surface area contributed by atoms with Gasteiger partial charge in [-0.2, -0.15) is 0 Å². The number of para-hydroxylation sites is 1. The lowest BCUT2D eigenvalue weighted by atomic mass is 10.1. The van der Waals surface area contributed by atoms with Crippen molar-refractivity contribution in [2.75, 3.05) is 32.2 Å². The number of carbonyl (C=O) groups is 2. The van der Waals surface area contributed by atoms with E-state index in [2.05, 4.69) is 46.7 Å². The van der Waals surface area contributed by atoms with Gasteiger partial charge >= 0.3 is 0 Å². The van der Waals surface area contributed by atoms with E-state index in [1.165, 1.54) is 36.8 Å². The first kappa shape index (κ1) is 25.3. The first-order chi connectivity index (χ1) is 17.5. The number of benzene rings is 2. The molecule has 0 bridgehead atoms. The number of anilines is 1. The summed E-state index contributed by atoms with van der Waals surface area (Å²) in [5.74, 6) is 0.232. The van der Waals surface area contributed by atoms with Gasteiger partial charge in [-0.1, -0.05) is 24.3 Å². The first-order valence-corrected chi connectivity index (χ1v) is 12.8. The highest BCUT2D eigenvalue weighted by atomic mass is 32.1. The van der Waals surface area contributed by atoms with Crippen molar-refractivity contribution in [1.82, 2.24) is 10.6 Å². The summed E-state index contributed by atoms with van der Waals surface area (Å²) in [6, 6.07) is 17.6. The smallest absolute Gasteiger partial charge is 0.267 e. The Morgan fingerprint density at radius 2 is 1.89 bits per heavy atom. The Hall–Kier alpha value is -3.78. The van der Waals surface area contributed by atoms with Crippen molar-refractivity contribution in [2.45, 2.75) is 25.8 Å². The summed E-state index contributed by atoms with van der Waals surface area (Å²) in [6.45, 7) is 3.57. The van der Waals surface area contributed by atoms with Gasteiger partial charge in [-0.15, -0.1) is 11.3 Å². The van der Waals surface area contributed by atoms with Crippen molar-refractivity contribution in [1.29, 1.82) is 0 Å². The van der Waals surface area contributed by atoms with E-state index >= 15 is 0 Å². The molecule has 188 valence electrons. The van der Waals surface area contributed by atoms with Crippen molar-refractivity contribution in [3.8, 4) is 11.5 Å². The summed E-state index contributed by atoms with van der Waals surface area (Å²) in [4.78, 5) is 29.3. The maximum atomic E-state index is 13.1. The van der Waals surface area contributed by atoms with Gasteiger partial charge in [0.05, 0.1) is 14.2 Å². The number of rotatable bonds is 10. The van der Waals surface area contributed by atoms with E-state index in [4.69, 9.17) is 9.47 Å². The maximum Gasteiger partial charge on any atom is 0.267 e. The zero-order valence-corrected chi connectivity index (χ0v) is 21.6. The zero-order valence-electron chi connectivity index (χ0n) is 20.7. The lowest BCUT2D eigenvalue weighted by Crippen LogP contribution is -2.37. The summed E-state index contributed by atoms with van der Waals surface area (Å²) in [6.07, 6.45) is 3.52. The van der Waals surface area contributed by atoms with Crippen LogP contribution in [0.2, 0.25) is 0 Å². The molecule has 0 radical (unpaired) electrons. The Morgan fingerprint density at radius 1 is 1.08 bits per heavy atom. The number of thiophene rings is 1. The molecule has 8 heteroatoms. The summed E-state index contributed by atoms with van der Waals surface area (Å²) in [5.41, 5.74) is 3.20. The minimum atomic E-state index is -0.406. The third kappa shape index (κ3) is 5.88. The highest BCUT2D eigenvalue weighted by Crippen LogP contribution is 2.31. The van der Waals surface area contributed by atoms with Crippen LogP contribution in [0.25, 0.3) is 6.08 Å². The van der Waals surface area contributed by atoms with Crippen LogP contribution in [0.15, 0.2) is 65.7 Å². The van der Waals surface area contributed by atoms with Gasteiger partial charge in [-0.3, -0.25) is 9.59 Å². The van der Waals surface area contributed by atoms with Crippen LogP contribution in [-0.2, 0) is 11.2 Å². The normalized spacial score (nSPS) is 14.8. The minimum Gasteiger partial charge on any atom is -0.493 e. The molecule has 0 unspecified atom stereocenters. The molecule has 4 rings (SSSR count). The number of amides is 2. The molecule has 1 atom stereocenters. The van der Waals surface area contributed by atoms with Gasteiger partial charge in [0.1, 0.15) is 5.70 Å². The topological polar surface area (TPSA) is 79.9 Å². The molecule has 2 N–H and O–H groups in total. The molecular weight excluding hydrogens is 474 g/mol. The fraction of sp³-hybridized carbons (Fsp3) is 0.286. The molecule has 0 saturated heterocycles. The highest BCUT2D eigenvalue weighted by Gasteiger charge is 2.25. The molecule has 1 aliphatic heterocycles. The molecule has 0 spiro atoms. The van der Waals surface area contributed by atoms with Crippen molar-refractivity contribution >= 4 is 34.9 Å². The summed E-state index contributed by atoms with van der Waals surface area (Å²) >= 11 is 1.49. The number of nitrogens with zero attached hydrogens (tertiary/aromatic N) is 1. The van der Waals surface area contributed by atoms with E-state index in [9.17, 15) is 9.59 Å². The van der Waals surface area contributed by atoms with Crippen LogP contribution in [0, 0.1) is 0 Å². The van der Waals surface area contributed by atoms with Crippen LogP contribution >= 0.6 is 11.3 Å². The van der Waals surface area contributed by atoms with Crippen molar-refractivity contribution < 1.29 is 19.1 Å². The van der Waals surface area contributed by atoms with Gasteiger partial charge in [-0.25, -0.2) is 0 Å². The molecule has 2 heterocycles. The highest BCUT2D eigenvalue weighted by molar-refractivity contribution is 7.10. The maximum absolute atomic E-state index is 13.1. The van der Waals surface area contributed by atoms with Crippen molar-refractivity contribution in [2.24, 2.45) is 0 Å². The van der Waals surface area contributed by atoms with E-state index in [0.29, 0.717) is 29.6 Å². The van der Waals surface area contributed by atoms with Crippen molar-refractivity contribution in [3.05, 3.63) is 81.7 Å². The average molecular weight is 506 g/mol. The van der Waals surface area contributed by atoms with E-state index in [0.717, 1.165) is 24.3 Å². The average Bonchev–Trinajstić information content (AvgIpc) is 3.52. The van der Waals surface area contributed by atoms with Gasteiger partial charge in [0.2, 0.25) is 0 Å². The molecule has 0 saturated carbocycles. The van der Waals surface area contributed by atoms with Gasteiger partial charge in [-0.05, 0) is 67.1 Å². The van der Waals surface area contributed by atoms with E-state index in [1.807, 2.05) is 17.5 Å². The number of nitrogens with one attached hydrogen (secondary N) is 2. The van der Waals surface area contributed by atoms with Gasteiger partial charge in [0.15, 0.2) is 11.5 Å². The zero-order chi connectivity index (χ0) is 25.5. The van der Waals surface area contributed by atoms with Crippen LogP contribution < -0.4 is 25.0 Å². The molecule has 7 nitrogen and oxygen atoms in total. The fourth-order valence-corrected chi connectivity index (χ4v) is 5.02. The number of fused-ring (bicyclic) bond motifs is 1. The molecule has 3 aromatic rings. The third-order valence-corrected chi connectivity index (χ3v) is 7.00. The predicted octanol–water partition coefficient (Wildman–Crippen LogP) is 4.49. The van der Waals surface area contributed by atoms with Crippen LogP contribution in [0.3, 0.4) is 0 Å². The third-order valence-electron chi connectivity index (χ3n) is 6.18. The Morgan fingerprint density at radius 3 is 2.64 bits per heavy atom. The second kappa shape index (κ2) is 11.8.